The zero-order valence-corrected chi connectivity index (χ0v) is 22.9. The second-order valence-electron chi connectivity index (χ2n) is 9.06. The van der Waals surface area contributed by atoms with Gasteiger partial charge in [-0.2, -0.15) is 0 Å². The van der Waals surface area contributed by atoms with Gasteiger partial charge in [-0.05, 0) is 31.0 Å². The largest absolute Gasteiger partial charge is 0.480 e. The number of rotatable bonds is 10. The van der Waals surface area contributed by atoms with E-state index in [1.54, 1.807) is 11.8 Å². The van der Waals surface area contributed by atoms with Crippen LogP contribution in [0.2, 0.25) is 0 Å². The number of ether oxygens (including phenoxy) is 1. The molecule has 1 atom stereocenters. The fourth-order valence-corrected chi connectivity index (χ4v) is 5.11. The summed E-state index contributed by atoms with van der Waals surface area (Å²) < 4.78 is 5.40. The van der Waals surface area contributed by atoms with Crippen LogP contribution in [0.15, 0.2) is 68.3 Å². The first-order chi connectivity index (χ1) is 18.9. The van der Waals surface area contributed by atoms with Crippen molar-refractivity contribution in [2.75, 3.05) is 59.1 Å². The van der Waals surface area contributed by atoms with Gasteiger partial charge in [-0.1, -0.05) is 42.1 Å². The smallest absolute Gasteiger partial charge is 0.320 e. The molecule has 0 aliphatic carbocycles. The highest BCUT2D eigenvalue weighted by Crippen LogP contribution is 2.40. The standard InChI is InChI=1S/C21H25N3O2S.C6H14N4O2/c25-14-16-26-15-13-23-9-11-24(12-10-23)21-17-5-1-3-7-19(17)27-20-8-4-2-6-18(20)22-21;7-4(5(11)12)2-1-3-10-6(8)9/h1-8,25H,9-16H2;4H,1-3,7H2,(H,11,12)(H4,8,9,10)/t;4-/m.0/s1. The van der Waals surface area contributed by atoms with Crippen LogP contribution in [-0.4, -0.2) is 103 Å². The van der Waals surface area contributed by atoms with E-state index in [1.165, 1.54) is 15.4 Å². The van der Waals surface area contributed by atoms with Gasteiger partial charge in [0.05, 0.1) is 25.5 Å². The molecule has 0 amide bonds. The summed E-state index contributed by atoms with van der Waals surface area (Å²) in [6.45, 7) is 6.43. The van der Waals surface area contributed by atoms with E-state index in [-0.39, 0.29) is 12.6 Å². The molecule has 2 aliphatic rings. The Hall–Kier alpha value is -3.16. The molecule has 11 nitrogen and oxygen atoms in total. The number of nitrogens with two attached hydrogens (primary N) is 3. The third kappa shape index (κ3) is 9.83. The van der Waals surface area contributed by atoms with Crippen molar-refractivity contribution in [2.24, 2.45) is 27.2 Å². The van der Waals surface area contributed by atoms with Crippen molar-refractivity contribution in [1.82, 2.24) is 9.80 Å². The number of nitrogens with zero attached hydrogens (tertiary/aromatic N) is 4. The minimum Gasteiger partial charge on any atom is -0.480 e. The molecule has 0 aromatic heterocycles. The highest BCUT2D eigenvalue weighted by Gasteiger charge is 2.25. The van der Waals surface area contributed by atoms with Gasteiger partial charge < -0.3 is 37.1 Å². The van der Waals surface area contributed by atoms with Crippen molar-refractivity contribution >= 4 is 35.2 Å². The van der Waals surface area contributed by atoms with E-state index in [1.807, 2.05) is 0 Å². The maximum atomic E-state index is 10.2. The number of hydrogen-bond donors (Lipinski definition) is 5. The summed E-state index contributed by atoms with van der Waals surface area (Å²) in [5.41, 5.74) is 17.6. The summed E-state index contributed by atoms with van der Waals surface area (Å²) in [4.78, 5) is 26.3. The summed E-state index contributed by atoms with van der Waals surface area (Å²) in [6, 6.07) is 16.1. The number of hydrogen-bond acceptors (Lipinski definition) is 9. The lowest BCUT2D eigenvalue weighted by atomic mass is 10.1. The van der Waals surface area contributed by atoms with Crippen molar-refractivity contribution in [2.45, 2.75) is 28.7 Å². The van der Waals surface area contributed by atoms with Gasteiger partial charge in [-0.25, -0.2) is 4.99 Å². The highest BCUT2D eigenvalue weighted by molar-refractivity contribution is 7.99. The lowest BCUT2D eigenvalue weighted by Crippen LogP contribution is -2.49. The average molecular weight is 558 g/mol. The van der Waals surface area contributed by atoms with Crippen LogP contribution in [-0.2, 0) is 9.53 Å². The van der Waals surface area contributed by atoms with Gasteiger partial charge in [0.25, 0.3) is 0 Å². The predicted molar refractivity (Wildman–Crippen MR) is 155 cm³/mol. The van der Waals surface area contributed by atoms with Crippen LogP contribution in [0.5, 0.6) is 0 Å². The highest BCUT2D eigenvalue weighted by atomic mass is 32.2. The molecule has 0 bridgehead atoms. The van der Waals surface area contributed by atoms with Crippen LogP contribution in [0.25, 0.3) is 0 Å². The van der Waals surface area contributed by atoms with Crippen LogP contribution in [0.4, 0.5) is 5.69 Å². The number of fused-ring (bicyclic) bond motifs is 2. The fraction of sp³-hybridized carbons (Fsp3) is 0.444. The third-order valence-electron chi connectivity index (χ3n) is 6.18. The minimum absolute atomic E-state index is 0.0129. The maximum Gasteiger partial charge on any atom is 0.320 e. The number of piperazine rings is 1. The van der Waals surface area contributed by atoms with Crippen molar-refractivity contribution < 1.29 is 19.7 Å². The molecule has 8 N–H and O–H groups in total. The van der Waals surface area contributed by atoms with E-state index in [0.29, 0.717) is 32.6 Å². The van der Waals surface area contributed by atoms with Gasteiger partial charge in [-0.3, -0.25) is 14.7 Å². The van der Waals surface area contributed by atoms with Crippen molar-refractivity contribution in [1.29, 1.82) is 0 Å². The maximum absolute atomic E-state index is 10.2. The van der Waals surface area contributed by atoms with E-state index in [9.17, 15) is 4.79 Å². The predicted octanol–water partition coefficient (Wildman–Crippen LogP) is 1.31. The monoisotopic (exact) mass is 557 g/mol. The number of carboxylic acid groups (broad SMARTS) is 1. The number of guanidine groups is 1. The topological polar surface area (TPSA) is 176 Å². The molecule has 0 spiro atoms. The zero-order valence-electron chi connectivity index (χ0n) is 22.1. The Morgan fingerprint density at radius 1 is 1.05 bits per heavy atom. The van der Waals surface area contributed by atoms with Crippen LogP contribution >= 0.6 is 11.8 Å². The van der Waals surface area contributed by atoms with Crippen molar-refractivity contribution in [3.63, 3.8) is 0 Å². The van der Waals surface area contributed by atoms with Gasteiger partial charge in [0.1, 0.15) is 11.9 Å². The summed E-state index contributed by atoms with van der Waals surface area (Å²) in [5.74, 6) is 0.0952. The van der Waals surface area contributed by atoms with Gasteiger partial charge in [0.2, 0.25) is 0 Å². The summed E-state index contributed by atoms with van der Waals surface area (Å²) in [6.07, 6.45) is 0.956. The molecule has 2 heterocycles. The molecule has 0 radical (unpaired) electrons. The molecule has 39 heavy (non-hydrogen) atoms. The summed E-state index contributed by atoms with van der Waals surface area (Å²) >= 11 is 1.80. The Morgan fingerprint density at radius 3 is 2.44 bits per heavy atom. The molecule has 2 aromatic rings. The number of aliphatic hydroxyl groups excluding tert-OH is 1. The molecule has 12 heteroatoms. The summed E-state index contributed by atoms with van der Waals surface area (Å²) in [5, 5.41) is 17.2. The quantitative estimate of drug-likeness (QED) is 0.163. The molecular weight excluding hydrogens is 518 g/mol. The molecular formula is C27H39N7O4S. The molecule has 1 fully saturated rings. The number of amidine groups is 1. The Balaban J connectivity index is 0.000000298. The third-order valence-corrected chi connectivity index (χ3v) is 7.32. The number of para-hydroxylation sites is 1. The van der Waals surface area contributed by atoms with Gasteiger partial charge in [0, 0.05) is 54.6 Å². The molecule has 0 unspecified atom stereocenters. The number of aliphatic hydroxyl groups is 1. The minimum atomic E-state index is -1.00. The first-order valence-electron chi connectivity index (χ1n) is 13.0. The van der Waals surface area contributed by atoms with Gasteiger partial charge in [-0.15, -0.1) is 0 Å². The van der Waals surface area contributed by atoms with E-state index in [0.717, 1.165) is 44.2 Å². The van der Waals surface area contributed by atoms with Gasteiger partial charge >= 0.3 is 5.97 Å². The number of carbonyl (C=O) groups is 1. The van der Waals surface area contributed by atoms with E-state index < -0.39 is 12.0 Å². The second kappa shape index (κ2) is 16.1. The first-order valence-corrected chi connectivity index (χ1v) is 13.9. The Bertz CT molecular complexity index is 1120. The van der Waals surface area contributed by atoms with Crippen molar-refractivity contribution in [3.05, 3.63) is 54.1 Å². The number of aliphatic imine (C=N–C) groups is 2. The number of aliphatic carboxylic acids is 1. The Labute approximate surface area is 233 Å². The van der Waals surface area contributed by atoms with Gasteiger partial charge in [0.15, 0.2) is 5.96 Å². The second-order valence-corrected chi connectivity index (χ2v) is 10.1. The first kappa shape index (κ1) is 30.4. The van der Waals surface area contributed by atoms with Crippen LogP contribution in [0.3, 0.4) is 0 Å². The van der Waals surface area contributed by atoms with Crippen molar-refractivity contribution in [3.8, 4) is 0 Å². The SMILES string of the molecule is NC(N)=NCCC[C@H](N)C(=O)O.OCCOCCN1CCN(C2=Nc3ccccc3Sc3ccccc32)CC1. The molecule has 0 saturated carbocycles. The lowest BCUT2D eigenvalue weighted by Gasteiger charge is -2.36. The Kier molecular flexibility index (Phi) is 12.5. The lowest BCUT2D eigenvalue weighted by molar-refractivity contribution is -0.138. The van der Waals surface area contributed by atoms with Crippen LogP contribution in [0.1, 0.15) is 18.4 Å². The van der Waals surface area contributed by atoms with Crippen LogP contribution in [0, 0.1) is 0 Å². The molecule has 2 aliphatic heterocycles. The van der Waals surface area contributed by atoms with E-state index in [4.69, 9.17) is 37.1 Å². The number of benzene rings is 2. The summed E-state index contributed by atoms with van der Waals surface area (Å²) in [7, 11) is 0. The van der Waals surface area contributed by atoms with Crippen LogP contribution < -0.4 is 17.2 Å². The molecule has 4 rings (SSSR count). The molecule has 212 valence electrons. The van der Waals surface area contributed by atoms with E-state index >= 15 is 0 Å². The Morgan fingerprint density at radius 2 is 1.74 bits per heavy atom. The molecule has 1 saturated heterocycles. The average Bonchev–Trinajstić information content (AvgIpc) is 3.11. The van der Waals surface area contributed by atoms with E-state index in [2.05, 4.69) is 63.3 Å². The number of carboxylic acids is 1. The normalized spacial score (nSPS) is 15.5. The zero-order chi connectivity index (χ0) is 28.0. The fourth-order valence-electron chi connectivity index (χ4n) is 4.10. The molecule has 2 aromatic carbocycles.